The van der Waals surface area contributed by atoms with Crippen molar-refractivity contribution in [3.05, 3.63) is 227 Å². The van der Waals surface area contributed by atoms with Crippen molar-refractivity contribution in [2.75, 3.05) is 13.2 Å². The van der Waals surface area contributed by atoms with Gasteiger partial charge in [0.1, 0.15) is 36.5 Å². The molecular formula is C94H104F4N2O4. The van der Waals surface area contributed by atoms with E-state index in [1.165, 1.54) is 46.5 Å². The Morgan fingerprint density at radius 2 is 0.577 bits per heavy atom. The van der Waals surface area contributed by atoms with E-state index in [0.29, 0.717) is 44.5 Å². The summed E-state index contributed by atoms with van der Waals surface area (Å²) < 4.78 is 81.5. The van der Waals surface area contributed by atoms with Gasteiger partial charge >= 0.3 is 0 Å². The van der Waals surface area contributed by atoms with E-state index in [9.17, 15) is 10.2 Å². The fraction of sp³-hybridized carbons (Fsp3) is 0.362. The van der Waals surface area contributed by atoms with Gasteiger partial charge in [-0.3, -0.25) is 0 Å². The molecule has 0 atom stereocenters. The lowest BCUT2D eigenvalue weighted by Gasteiger charge is -2.34. The molecule has 0 spiro atoms. The maximum atomic E-state index is 15.9. The van der Waals surface area contributed by atoms with Gasteiger partial charge < -0.3 is 28.8 Å². The van der Waals surface area contributed by atoms with Crippen molar-refractivity contribution < 1.29 is 37.2 Å². The highest BCUT2D eigenvalue weighted by Crippen LogP contribution is 2.52. The molecule has 0 amide bonds. The summed E-state index contributed by atoms with van der Waals surface area (Å²) in [6.07, 6.45) is 1.57. The van der Waals surface area contributed by atoms with Gasteiger partial charge in [-0.25, -0.2) is 17.6 Å². The maximum Gasteiger partial charge on any atom is 0.161 e. The lowest BCUT2D eigenvalue weighted by molar-refractivity contribution is 0.207. The number of hydrogen-bond acceptors (Lipinski definition) is 4. The first kappa shape index (κ1) is 74.4. The minimum atomic E-state index is -0.719. The van der Waals surface area contributed by atoms with E-state index in [2.05, 4.69) is 259 Å². The van der Waals surface area contributed by atoms with Gasteiger partial charge in [-0.05, 0) is 244 Å². The average Bonchev–Trinajstić information content (AvgIpc) is 1.55. The Kier molecular flexibility index (Phi) is 18.9. The van der Waals surface area contributed by atoms with E-state index in [1.54, 1.807) is 24.3 Å². The molecule has 0 radical (unpaired) electrons. The quantitative estimate of drug-likeness (QED) is 0.0793. The van der Waals surface area contributed by atoms with Gasteiger partial charge in [-0.15, -0.1) is 0 Å². The maximum absolute atomic E-state index is 15.9. The van der Waals surface area contributed by atoms with Gasteiger partial charge in [0.05, 0.1) is 33.4 Å². The number of aromatic nitrogens is 2. The molecule has 0 saturated carbocycles. The average molecular weight is 1400 g/mol. The van der Waals surface area contributed by atoms with Crippen LogP contribution in [0.3, 0.4) is 0 Å². The highest BCUT2D eigenvalue weighted by Gasteiger charge is 2.35. The topological polar surface area (TPSA) is 68.8 Å². The third-order valence-corrected chi connectivity index (χ3v) is 20.7. The number of phenolic OH excluding ortho intramolecular Hbond substituents is 2. The number of nitrogens with zero attached hydrogens (tertiary/aromatic N) is 2. The number of halogens is 4. The second-order valence-electron chi connectivity index (χ2n) is 37.1. The Morgan fingerprint density at radius 3 is 0.837 bits per heavy atom. The molecule has 6 nitrogen and oxygen atoms in total. The van der Waals surface area contributed by atoms with Crippen molar-refractivity contribution >= 4 is 43.6 Å². The van der Waals surface area contributed by atoms with Crippen molar-refractivity contribution in [2.45, 2.75) is 198 Å². The summed E-state index contributed by atoms with van der Waals surface area (Å²) in [5.74, 6) is -2.94. The molecule has 0 fully saturated rings. The van der Waals surface area contributed by atoms with Crippen molar-refractivity contribution in [2.24, 2.45) is 10.8 Å². The summed E-state index contributed by atoms with van der Waals surface area (Å²) in [6.45, 7) is 48.6. The summed E-state index contributed by atoms with van der Waals surface area (Å²) in [5.41, 5.74) is 14.6. The number of aromatic hydroxyl groups is 2. The van der Waals surface area contributed by atoms with E-state index < -0.39 is 34.1 Å². The molecule has 0 bridgehead atoms. The van der Waals surface area contributed by atoms with Gasteiger partial charge in [-0.2, -0.15) is 0 Å². The van der Waals surface area contributed by atoms with Crippen molar-refractivity contribution in [1.29, 1.82) is 0 Å². The second kappa shape index (κ2) is 26.4. The predicted octanol–water partition coefficient (Wildman–Crippen LogP) is 26.6. The van der Waals surface area contributed by atoms with E-state index in [1.807, 2.05) is 12.1 Å². The number of ether oxygens (including phenoxy) is 2. The normalized spacial score (nSPS) is 13.1. The van der Waals surface area contributed by atoms with E-state index in [0.717, 1.165) is 91.1 Å². The number of fused-ring (bicyclic) bond motifs is 6. The minimum Gasteiger partial charge on any atom is -0.504 e. The minimum absolute atomic E-state index is 0.0981. The number of phenols is 2. The Morgan fingerprint density at radius 1 is 0.298 bits per heavy atom. The van der Waals surface area contributed by atoms with Crippen LogP contribution in [-0.4, -0.2) is 32.6 Å². The first-order valence-corrected chi connectivity index (χ1v) is 36.6. The predicted molar refractivity (Wildman–Crippen MR) is 426 cm³/mol. The fourth-order valence-corrected chi connectivity index (χ4v) is 16.0. The number of benzene rings is 10. The van der Waals surface area contributed by atoms with Gasteiger partial charge in [-0.1, -0.05) is 189 Å². The molecule has 542 valence electrons. The van der Waals surface area contributed by atoms with Crippen LogP contribution in [0, 0.1) is 34.1 Å². The molecule has 0 aliphatic rings. The molecule has 2 aromatic heterocycles. The molecule has 10 heteroatoms. The highest BCUT2D eigenvalue weighted by molar-refractivity contribution is 6.12. The van der Waals surface area contributed by atoms with Crippen LogP contribution in [0.4, 0.5) is 17.6 Å². The lowest BCUT2D eigenvalue weighted by atomic mass is 9.71. The standard InChI is InChI=1S/C94H104F4N2O4/c1-87(2,3)53-93(19,20)63-47-69(57-37-65(95)51-66(96)38-57)85(79(49-63)99-75-29-25-59(89(7,8)9)43-71(75)72-44-60(90(10,11)12)26-30-76(72)99)55-23-33-81(101)83(41-55)103-35-36-104-84-42-56(24-34-82(84)102)86-70(58-39-67(97)52-68(98)40-58)48-64(94(21,22)54-88(4,5)6)50-80(86)100-77-31-27-61(91(13,14)15)45-73(77)74-46-62(92(16,17)18)28-32-78(74)100/h23-34,37-52,101-102H,35-36,53-54H2,1-22H3. The van der Waals surface area contributed by atoms with Crippen LogP contribution in [0.25, 0.3) is 99.5 Å². The Balaban J connectivity index is 1.01. The van der Waals surface area contributed by atoms with Crippen LogP contribution in [0.1, 0.15) is 199 Å². The first-order valence-electron chi connectivity index (χ1n) is 36.6. The van der Waals surface area contributed by atoms with Crippen LogP contribution in [-0.2, 0) is 32.5 Å². The third kappa shape index (κ3) is 15.0. The van der Waals surface area contributed by atoms with Crippen molar-refractivity contribution in [3.8, 4) is 78.9 Å². The second-order valence-corrected chi connectivity index (χ2v) is 37.1. The van der Waals surface area contributed by atoms with Gasteiger partial charge in [0.2, 0.25) is 0 Å². The lowest BCUT2D eigenvalue weighted by Crippen LogP contribution is -2.25. The van der Waals surface area contributed by atoms with E-state index in [4.69, 9.17) is 9.47 Å². The fourth-order valence-electron chi connectivity index (χ4n) is 16.0. The van der Waals surface area contributed by atoms with Gasteiger partial charge in [0, 0.05) is 44.8 Å². The Bertz CT molecular complexity index is 4830. The largest absolute Gasteiger partial charge is 0.504 e. The molecule has 0 saturated heterocycles. The van der Waals surface area contributed by atoms with Crippen molar-refractivity contribution in [1.82, 2.24) is 9.13 Å². The molecule has 0 aliphatic heterocycles. The summed E-state index contributed by atoms with van der Waals surface area (Å²) in [4.78, 5) is 0. The zero-order valence-electron chi connectivity index (χ0n) is 65.1. The molecule has 0 aliphatic carbocycles. The number of rotatable bonds is 15. The third-order valence-electron chi connectivity index (χ3n) is 20.7. The smallest absolute Gasteiger partial charge is 0.161 e. The molecule has 12 aromatic rings. The number of hydrogen-bond donors (Lipinski definition) is 2. The summed E-state index contributed by atoms with van der Waals surface area (Å²) >= 11 is 0. The molecule has 10 aromatic carbocycles. The van der Waals surface area contributed by atoms with Crippen LogP contribution in [0.2, 0.25) is 0 Å². The molecular weight excluding hydrogens is 1300 g/mol. The molecule has 0 unspecified atom stereocenters. The zero-order valence-corrected chi connectivity index (χ0v) is 65.1. The Labute approximate surface area is 613 Å². The van der Waals surface area contributed by atoms with Gasteiger partial charge in [0.15, 0.2) is 23.0 Å². The first-order chi connectivity index (χ1) is 48.2. The van der Waals surface area contributed by atoms with Crippen LogP contribution < -0.4 is 9.47 Å². The zero-order chi connectivity index (χ0) is 75.7. The van der Waals surface area contributed by atoms with Crippen molar-refractivity contribution in [3.63, 3.8) is 0 Å². The van der Waals surface area contributed by atoms with E-state index in [-0.39, 0.29) is 68.7 Å². The summed E-state index contributed by atoms with van der Waals surface area (Å²) in [7, 11) is 0. The summed E-state index contributed by atoms with van der Waals surface area (Å²) in [6, 6.07) is 52.9. The van der Waals surface area contributed by atoms with Crippen LogP contribution in [0.15, 0.2) is 170 Å². The summed E-state index contributed by atoms with van der Waals surface area (Å²) in [5, 5.41) is 28.1. The molecule has 2 N–H and O–H groups in total. The van der Waals surface area contributed by atoms with E-state index >= 15 is 17.6 Å². The highest BCUT2D eigenvalue weighted by atomic mass is 19.1. The van der Waals surface area contributed by atoms with Crippen LogP contribution >= 0.6 is 0 Å². The molecule has 2 heterocycles. The SMILES string of the molecule is CC(C)(C)CC(C)(C)c1cc(-c2cc(F)cc(F)c2)c(-c2ccc(O)c(OCCOc3cc(-c4c(-c5cc(F)cc(F)c5)cc(C(C)(C)CC(C)(C)C)cc4-n4c5ccc(C(C)(C)C)cc5c5cc(C(C)(C)C)ccc54)ccc3O)c2)c(-n2c3ccc(C(C)(C)C)cc3c3cc(C(C)(C)C)ccc32)c1. The Hall–Kier alpha value is -9.28. The monoisotopic (exact) mass is 1400 g/mol. The molecule has 12 rings (SSSR count). The van der Waals surface area contributed by atoms with Crippen LogP contribution in [0.5, 0.6) is 23.0 Å². The molecule has 104 heavy (non-hydrogen) atoms. The van der Waals surface area contributed by atoms with Gasteiger partial charge in [0.25, 0.3) is 0 Å².